The van der Waals surface area contributed by atoms with Crippen molar-refractivity contribution in [2.75, 3.05) is 13.2 Å². The molecule has 3 aromatic carbocycles. The summed E-state index contributed by atoms with van der Waals surface area (Å²) >= 11 is 0. The second kappa shape index (κ2) is 10.6. The predicted octanol–water partition coefficient (Wildman–Crippen LogP) is 4.68. The van der Waals surface area contributed by atoms with Crippen LogP contribution in [0.4, 0.5) is 4.39 Å². The standard InChI is InChI=1S/C24H19FO5/c25-20-11-6-18(7-12-20)8-15-23(26)30-22-13-9-19(10-14-22)24(27)29-17-16-28-21-4-2-1-3-5-21/h1-15H,16-17H2/b15-8+. The molecule has 0 atom stereocenters. The molecule has 3 aromatic rings. The van der Waals surface area contributed by atoms with Crippen LogP contribution in [0.5, 0.6) is 11.5 Å². The van der Waals surface area contributed by atoms with Crippen molar-refractivity contribution in [3.05, 3.63) is 102 Å². The predicted molar refractivity (Wildman–Crippen MR) is 110 cm³/mol. The molecule has 30 heavy (non-hydrogen) atoms. The van der Waals surface area contributed by atoms with Crippen LogP contribution in [0, 0.1) is 5.82 Å². The summed E-state index contributed by atoms with van der Waals surface area (Å²) in [6.07, 6.45) is 2.76. The zero-order chi connectivity index (χ0) is 21.2. The second-order valence-electron chi connectivity index (χ2n) is 6.13. The Morgan fingerprint density at radius 1 is 0.800 bits per heavy atom. The van der Waals surface area contributed by atoms with Crippen molar-refractivity contribution in [1.82, 2.24) is 0 Å². The number of benzene rings is 3. The first-order valence-corrected chi connectivity index (χ1v) is 9.21. The molecular weight excluding hydrogens is 387 g/mol. The minimum atomic E-state index is -0.590. The van der Waals surface area contributed by atoms with Crippen molar-refractivity contribution >= 4 is 18.0 Å². The van der Waals surface area contributed by atoms with Crippen LogP contribution >= 0.6 is 0 Å². The van der Waals surface area contributed by atoms with E-state index in [4.69, 9.17) is 14.2 Å². The Kier molecular flexibility index (Phi) is 7.33. The number of carbonyl (C=O) groups is 2. The van der Waals surface area contributed by atoms with E-state index < -0.39 is 11.9 Å². The van der Waals surface area contributed by atoms with Crippen molar-refractivity contribution < 1.29 is 28.2 Å². The van der Waals surface area contributed by atoms with Gasteiger partial charge in [-0.3, -0.25) is 0 Å². The third-order valence-electron chi connectivity index (χ3n) is 3.92. The lowest BCUT2D eigenvalue weighted by atomic mass is 10.2. The number of ether oxygens (including phenoxy) is 3. The SMILES string of the molecule is O=C(/C=C/c1ccc(F)cc1)Oc1ccc(C(=O)OCCOc2ccccc2)cc1. The monoisotopic (exact) mass is 406 g/mol. The summed E-state index contributed by atoms with van der Waals surface area (Å²) in [4.78, 5) is 23.9. The molecule has 0 saturated heterocycles. The molecule has 0 aliphatic rings. The minimum Gasteiger partial charge on any atom is -0.490 e. The number of para-hydroxylation sites is 1. The van der Waals surface area contributed by atoms with Gasteiger partial charge < -0.3 is 14.2 Å². The summed E-state index contributed by atoms with van der Waals surface area (Å²) in [7, 11) is 0. The summed E-state index contributed by atoms with van der Waals surface area (Å²) in [6.45, 7) is 0.352. The smallest absolute Gasteiger partial charge is 0.338 e. The number of esters is 2. The molecule has 0 heterocycles. The van der Waals surface area contributed by atoms with Gasteiger partial charge >= 0.3 is 11.9 Å². The average Bonchev–Trinajstić information content (AvgIpc) is 2.77. The maximum absolute atomic E-state index is 12.9. The highest BCUT2D eigenvalue weighted by molar-refractivity contribution is 5.90. The van der Waals surface area contributed by atoms with Crippen molar-refractivity contribution in [2.45, 2.75) is 0 Å². The zero-order valence-corrected chi connectivity index (χ0v) is 16.0. The van der Waals surface area contributed by atoms with E-state index in [0.717, 1.165) is 0 Å². The highest BCUT2D eigenvalue weighted by Gasteiger charge is 2.08. The zero-order valence-electron chi connectivity index (χ0n) is 16.0. The van der Waals surface area contributed by atoms with Gasteiger partial charge in [0.05, 0.1) is 5.56 Å². The lowest BCUT2D eigenvalue weighted by Crippen LogP contribution is -2.12. The van der Waals surface area contributed by atoms with Gasteiger partial charge in [0.1, 0.15) is 30.5 Å². The number of hydrogen-bond donors (Lipinski definition) is 0. The summed E-state index contributed by atoms with van der Waals surface area (Å²) in [5, 5.41) is 0. The van der Waals surface area contributed by atoms with Gasteiger partial charge in [0.25, 0.3) is 0 Å². The van der Waals surface area contributed by atoms with Crippen molar-refractivity contribution in [1.29, 1.82) is 0 Å². The molecule has 0 spiro atoms. The van der Waals surface area contributed by atoms with Crippen LogP contribution in [0.15, 0.2) is 84.9 Å². The van der Waals surface area contributed by atoms with Gasteiger partial charge in [-0.2, -0.15) is 0 Å². The van der Waals surface area contributed by atoms with Gasteiger partial charge in [-0.25, -0.2) is 14.0 Å². The molecule has 0 aromatic heterocycles. The average molecular weight is 406 g/mol. The highest BCUT2D eigenvalue weighted by atomic mass is 19.1. The maximum Gasteiger partial charge on any atom is 0.338 e. The van der Waals surface area contributed by atoms with E-state index in [1.807, 2.05) is 30.3 Å². The van der Waals surface area contributed by atoms with Crippen LogP contribution in [-0.2, 0) is 9.53 Å². The molecule has 152 valence electrons. The lowest BCUT2D eigenvalue weighted by molar-refractivity contribution is -0.128. The third-order valence-corrected chi connectivity index (χ3v) is 3.92. The van der Waals surface area contributed by atoms with E-state index in [1.54, 1.807) is 12.1 Å². The number of hydrogen-bond acceptors (Lipinski definition) is 5. The van der Waals surface area contributed by atoms with Crippen molar-refractivity contribution in [3.63, 3.8) is 0 Å². The molecule has 0 aliphatic carbocycles. The van der Waals surface area contributed by atoms with Gasteiger partial charge in [-0.1, -0.05) is 30.3 Å². The number of rotatable bonds is 8. The van der Waals surface area contributed by atoms with E-state index in [2.05, 4.69) is 0 Å². The van der Waals surface area contributed by atoms with E-state index in [1.165, 1.54) is 48.6 Å². The fourth-order valence-electron chi connectivity index (χ4n) is 2.44. The maximum atomic E-state index is 12.9. The van der Waals surface area contributed by atoms with E-state index in [0.29, 0.717) is 16.9 Å². The van der Waals surface area contributed by atoms with Crippen LogP contribution in [0.1, 0.15) is 15.9 Å². The quantitative estimate of drug-likeness (QED) is 0.235. The summed E-state index contributed by atoms with van der Waals surface area (Å²) in [5.74, 6) is -0.452. The highest BCUT2D eigenvalue weighted by Crippen LogP contribution is 2.14. The molecule has 3 rings (SSSR count). The first kappa shape index (κ1) is 20.8. The van der Waals surface area contributed by atoms with Gasteiger partial charge in [0.15, 0.2) is 0 Å². The van der Waals surface area contributed by atoms with Crippen LogP contribution in [0.2, 0.25) is 0 Å². The Labute approximate surface area is 173 Å². The lowest BCUT2D eigenvalue weighted by Gasteiger charge is -2.08. The number of halogens is 1. The van der Waals surface area contributed by atoms with E-state index >= 15 is 0 Å². The Morgan fingerprint density at radius 2 is 1.50 bits per heavy atom. The Hall–Kier alpha value is -3.93. The third kappa shape index (κ3) is 6.60. The molecule has 0 aliphatic heterocycles. The summed E-state index contributed by atoms with van der Waals surface area (Å²) in [5.41, 5.74) is 0.999. The summed E-state index contributed by atoms with van der Waals surface area (Å²) in [6, 6.07) is 20.9. The van der Waals surface area contributed by atoms with Gasteiger partial charge in [0, 0.05) is 6.08 Å². The van der Waals surface area contributed by atoms with E-state index in [9.17, 15) is 14.0 Å². The first-order valence-electron chi connectivity index (χ1n) is 9.21. The van der Waals surface area contributed by atoms with Gasteiger partial charge in [0.2, 0.25) is 0 Å². The molecule has 0 N–H and O–H groups in total. The first-order chi connectivity index (χ1) is 14.6. The molecule has 0 fully saturated rings. The fraction of sp³-hybridized carbons (Fsp3) is 0.0833. The van der Waals surface area contributed by atoms with Crippen LogP contribution in [0.3, 0.4) is 0 Å². The minimum absolute atomic E-state index is 0.110. The van der Waals surface area contributed by atoms with Crippen LogP contribution < -0.4 is 9.47 Å². The summed E-state index contributed by atoms with van der Waals surface area (Å²) < 4.78 is 28.6. The van der Waals surface area contributed by atoms with Crippen LogP contribution in [0.25, 0.3) is 6.08 Å². The fourth-order valence-corrected chi connectivity index (χ4v) is 2.44. The molecular formula is C24H19FO5. The number of carbonyl (C=O) groups excluding carboxylic acids is 2. The molecule has 0 unspecified atom stereocenters. The Balaban J connectivity index is 1.43. The Bertz CT molecular complexity index is 996. The van der Waals surface area contributed by atoms with E-state index in [-0.39, 0.29) is 24.8 Å². The van der Waals surface area contributed by atoms with Crippen molar-refractivity contribution in [2.24, 2.45) is 0 Å². The van der Waals surface area contributed by atoms with Crippen molar-refractivity contribution in [3.8, 4) is 11.5 Å². The molecule has 6 heteroatoms. The Morgan fingerprint density at radius 3 is 2.20 bits per heavy atom. The molecule has 5 nitrogen and oxygen atoms in total. The topological polar surface area (TPSA) is 61.8 Å². The molecule has 0 amide bonds. The largest absolute Gasteiger partial charge is 0.490 e. The van der Waals surface area contributed by atoms with Crippen LogP contribution in [-0.4, -0.2) is 25.2 Å². The normalized spacial score (nSPS) is 10.6. The molecule has 0 bridgehead atoms. The van der Waals surface area contributed by atoms with Gasteiger partial charge in [-0.15, -0.1) is 0 Å². The molecule has 0 radical (unpaired) electrons. The van der Waals surface area contributed by atoms with Gasteiger partial charge in [-0.05, 0) is 60.2 Å². The molecule has 0 saturated carbocycles. The second-order valence-corrected chi connectivity index (χ2v) is 6.13.